The zero-order valence-corrected chi connectivity index (χ0v) is 15.2. The topological polar surface area (TPSA) is 0 Å². The van der Waals surface area contributed by atoms with Crippen LogP contribution < -0.4 is 0 Å². The van der Waals surface area contributed by atoms with Gasteiger partial charge in [-0.1, -0.05) is 95.0 Å². The Balaban J connectivity index is 0.00000324. The van der Waals surface area contributed by atoms with E-state index >= 15 is 0 Å². The summed E-state index contributed by atoms with van der Waals surface area (Å²) >= 11 is 0. The predicted molar refractivity (Wildman–Crippen MR) is 87.7 cm³/mol. The molecule has 103 valence electrons. The van der Waals surface area contributed by atoms with Gasteiger partial charge < -0.3 is 0 Å². The van der Waals surface area contributed by atoms with Gasteiger partial charge in [-0.25, -0.2) is 0 Å². The molecule has 19 heavy (non-hydrogen) atoms. The number of unbranched alkanes of at least 4 members (excludes halogenated alkanes) is 9. The summed E-state index contributed by atoms with van der Waals surface area (Å²) in [5.41, 5.74) is 1.50. The summed E-state index contributed by atoms with van der Waals surface area (Å²) < 4.78 is 0. The van der Waals surface area contributed by atoms with Gasteiger partial charge in [0.1, 0.15) is 0 Å². The van der Waals surface area contributed by atoms with Gasteiger partial charge in [-0.15, -0.1) is 0 Å². The van der Waals surface area contributed by atoms with Crippen molar-refractivity contribution in [3.05, 3.63) is 35.9 Å². The van der Waals surface area contributed by atoms with Crippen LogP contribution in [-0.4, -0.2) is 29.6 Å². The van der Waals surface area contributed by atoms with Crippen LogP contribution in [0.1, 0.15) is 76.7 Å². The third-order valence-electron chi connectivity index (χ3n) is 3.66. The molecule has 0 unspecified atom stereocenters. The maximum Gasteiger partial charge on any atom is 0 e. The summed E-state index contributed by atoms with van der Waals surface area (Å²) in [5.74, 6) is 0. The van der Waals surface area contributed by atoms with Crippen LogP contribution in [0.25, 0.3) is 0 Å². The van der Waals surface area contributed by atoms with E-state index in [4.69, 9.17) is 0 Å². The largest absolute Gasteiger partial charge is 0.0654 e. The van der Waals surface area contributed by atoms with Gasteiger partial charge in [-0.3, -0.25) is 0 Å². The SMILES string of the molecule is CCCCCCCCCCCCc1ccccc1.[Na]. The first-order valence-electron chi connectivity index (χ1n) is 7.97. The Morgan fingerprint density at radius 2 is 1.11 bits per heavy atom. The first-order chi connectivity index (χ1) is 8.93. The van der Waals surface area contributed by atoms with Gasteiger partial charge in [-0.05, 0) is 18.4 Å². The molecule has 1 radical (unpaired) electrons. The van der Waals surface area contributed by atoms with E-state index in [0.717, 1.165) is 0 Å². The fourth-order valence-electron chi connectivity index (χ4n) is 2.46. The van der Waals surface area contributed by atoms with Crippen molar-refractivity contribution in [2.24, 2.45) is 0 Å². The normalized spacial score (nSPS) is 10.2. The molecule has 0 amide bonds. The van der Waals surface area contributed by atoms with Gasteiger partial charge in [0, 0.05) is 29.6 Å². The number of hydrogen-bond donors (Lipinski definition) is 0. The summed E-state index contributed by atoms with van der Waals surface area (Å²) in [6.07, 6.45) is 15.5. The predicted octanol–water partition coefficient (Wildman–Crippen LogP) is 5.77. The quantitative estimate of drug-likeness (QED) is 0.353. The fraction of sp³-hybridized carbons (Fsp3) is 0.667. The standard InChI is InChI=1S/C18H30.Na/c1-2-3-4-5-6-7-8-9-10-12-15-18-16-13-11-14-17-18;/h11,13-14,16-17H,2-10,12,15H2,1H3;. The maximum absolute atomic E-state index is 2.28. The molecular formula is C18H30Na. The average molecular weight is 269 g/mol. The molecule has 0 fully saturated rings. The van der Waals surface area contributed by atoms with Gasteiger partial charge in [-0.2, -0.15) is 0 Å². The van der Waals surface area contributed by atoms with E-state index in [1.807, 2.05) is 0 Å². The molecular weight excluding hydrogens is 239 g/mol. The summed E-state index contributed by atoms with van der Waals surface area (Å²) in [7, 11) is 0. The van der Waals surface area contributed by atoms with Gasteiger partial charge in [0.25, 0.3) is 0 Å². The van der Waals surface area contributed by atoms with Gasteiger partial charge in [0.05, 0.1) is 0 Å². The third kappa shape index (κ3) is 11.7. The third-order valence-corrected chi connectivity index (χ3v) is 3.66. The van der Waals surface area contributed by atoms with Crippen molar-refractivity contribution in [2.75, 3.05) is 0 Å². The van der Waals surface area contributed by atoms with Crippen LogP contribution in [-0.2, 0) is 6.42 Å². The van der Waals surface area contributed by atoms with Crippen LogP contribution in [0.3, 0.4) is 0 Å². The molecule has 0 N–H and O–H groups in total. The average Bonchev–Trinajstić information content (AvgIpc) is 2.42. The van der Waals surface area contributed by atoms with Crippen molar-refractivity contribution < 1.29 is 0 Å². The Morgan fingerprint density at radius 3 is 1.63 bits per heavy atom. The summed E-state index contributed by atoms with van der Waals surface area (Å²) in [6.45, 7) is 2.28. The molecule has 0 bridgehead atoms. The minimum atomic E-state index is 0. The Morgan fingerprint density at radius 1 is 0.632 bits per heavy atom. The monoisotopic (exact) mass is 269 g/mol. The van der Waals surface area contributed by atoms with Gasteiger partial charge in [0.2, 0.25) is 0 Å². The fourth-order valence-corrected chi connectivity index (χ4v) is 2.46. The molecule has 0 atom stereocenters. The van der Waals surface area contributed by atoms with E-state index in [9.17, 15) is 0 Å². The Hall–Kier alpha value is 0.220. The van der Waals surface area contributed by atoms with E-state index in [1.54, 1.807) is 0 Å². The first kappa shape index (κ1) is 19.2. The minimum absolute atomic E-state index is 0. The second kappa shape index (κ2) is 14.6. The molecule has 0 heterocycles. The van der Waals surface area contributed by atoms with Crippen molar-refractivity contribution >= 4 is 29.6 Å². The smallest absolute Gasteiger partial charge is 0 e. The van der Waals surface area contributed by atoms with Crippen molar-refractivity contribution in [2.45, 2.75) is 77.6 Å². The van der Waals surface area contributed by atoms with E-state index in [2.05, 4.69) is 37.3 Å². The molecule has 1 aromatic carbocycles. The van der Waals surface area contributed by atoms with Crippen LogP contribution >= 0.6 is 0 Å². The molecule has 0 spiro atoms. The van der Waals surface area contributed by atoms with Crippen LogP contribution in [0.2, 0.25) is 0 Å². The van der Waals surface area contributed by atoms with E-state index in [0.29, 0.717) is 0 Å². The molecule has 1 aromatic rings. The zero-order chi connectivity index (χ0) is 12.9. The van der Waals surface area contributed by atoms with Crippen molar-refractivity contribution in [3.8, 4) is 0 Å². The van der Waals surface area contributed by atoms with Crippen molar-refractivity contribution in [1.29, 1.82) is 0 Å². The van der Waals surface area contributed by atoms with Gasteiger partial charge >= 0.3 is 0 Å². The Kier molecular flexibility index (Phi) is 14.8. The van der Waals surface area contributed by atoms with Crippen LogP contribution in [0.15, 0.2) is 30.3 Å². The van der Waals surface area contributed by atoms with Crippen molar-refractivity contribution in [1.82, 2.24) is 0 Å². The second-order valence-electron chi connectivity index (χ2n) is 5.42. The molecule has 1 rings (SSSR count). The van der Waals surface area contributed by atoms with Crippen molar-refractivity contribution in [3.63, 3.8) is 0 Å². The molecule has 0 aromatic heterocycles. The van der Waals surface area contributed by atoms with Crippen LogP contribution in [0, 0.1) is 0 Å². The summed E-state index contributed by atoms with van der Waals surface area (Å²) in [5, 5.41) is 0. The summed E-state index contributed by atoms with van der Waals surface area (Å²) in [6, 6.07) is 10.9. The molecule has 0 aliphatic heterocycles. The minimum Gasteiger partial charge on any atom is -0.0654 e. The maximum atomic E-state index is 2.28. The van der Waals surface area contributed by atoms with E-state index in [-0.39, 0.29) is 29.6 Å². The molecule has 1 heteroatoms. The number of hydrogen-bond acceptors (Lipinski definition) is 0. The van der Waals surface area contributed by atoms with Crippen LogP contribution in [0.4, 0.5) is 0 Å². The second-order valence-corrected chi connectivity index (χ2v) is 5.42. The molecule has 0 nitrogen and oxygen atoms in total. The van der Waals surface area contributed by atoms with E-state index in [1.165, 1.54) is 76.2 Å². The number of rotatable bonds is 11. The Bertz CT molecular complexity index is 268. The van der Waals surface area contributed by atoms with Crippen LogP contribution in [0.5, 0.6) is 0 Å². The Labute approximate surface area is 142 Å². The molecule has 0 saturated heterocycles. The summed E-state index contributed by atoms with van der Waals surface area (Å²) in [4.78, 5) is 0. The van der Waals surface area contributed by atoms with E-state index < -0.39 is 0 Å². The zero-order valence-electron chi connectivity index (χ0n) is 13.2. The van der Waals surface area contributed by atoms with Gasteiger partial charge in [0.15, 0.2) is 0 Å². The number of aryl methyl sites for hydroxylation is 1. The first-order valence-corrected chi connectivity index (χ1v) is 7.97. The molecule has 0 saturated carbocycles. The molecule has 0 aliphatic carbocycles. The number of benzene rings is 1. The molecule has 0 aliphatic rings.